The predicted molar refractivity (Wildman–Crippen MR) is 44.9 cm³/mol. The summed E-state index contributed by atoms with van der Waals surface area (Å²) in [6.07, 6.45) is 3.23. The van der Waals surface area contributed by atoms with Gasteiger partial charge in [-0.05, 0) is 18.8 Å². The molecule has 0 aromatic heterocycles. The molecule has 3 heteroatoms. The monoisotopic (exact) mass is 162 g/mol. The molecular weight excluding hydrogens is 152 g/mol. The predicted octanol–water partition coefficient (Wildman–Crippen LogP) is 1.01. The van der Waals surface area contributed by atoms with Crippen LogP contribution in [0.15, 0.2) is 12.0 Å². The van der Waals surface area contributed by atoms with E-state index in [4.69, 9.17) is 10.4 Å². The molecule has 0 aromatic carbocycles. The highest BCUT2D eigenvalue weighted by atomic mass is 16.2. The molecule has 1 fully saturated rings. The molecule has 0 saturated carbocycles. The normalized spacial score (nSPS) is 16.6. The van der Waals surface area contributed by atoms with Crippen LogP contribution in [0, 0.1) is 23.2 Å². The van der Waals surface area contributed by atoms with Crippen molar-refractivity contribution in [2.45, 2.75) is 12.8 Å². The van der Waals surface area contributed by atoms with Gasteiger partial charge in [-0.15, -0.1) is 0 Å². The Labute approximate surface area is 71.9 Å². The molecule has 12 heavy (non-hydrogen) atoms. The van der Waals surface area contributed by atoms with Crippen LogP contribution in [0.2, 0.25) is 0 Å². The van der Waals surface area contributed by atoms with Gasteiger partial charge in [-0.2, -0.15) is 5.26 Å². The SMILES string of the molecule is N#CC#C/C(=C/O)N1CCCC1. The summed E-state index contributed by atoms with van der Waals surface area (Å²) in [5.74, 6) is 4.85. The lowest BCUT2D eigenvalue weighted by molar-refractivity contribution is 0.397. The van der Waals surface area contributed by atoms with E-state index in [2.05, 4.69) is 11.8 Å². The fourth-order valence-electron chi connectivity index (χ4n) is 1.24. The first-order valence-electron chi connectivity index (χ1n) is 3.88. The first-order chi connectivity index (χ1) is 5.88. The third kappa shape index (κ3) is 1.93. The number of likely N-dealkylation sites (tertiary alicyclic amines) is 1. The van der Waals surface area contributed by atoms with E-state index in [0.29, 0.717) is 5.70 Å². The Morgan fingerprint density at radius 3 is 2.58 bits per heavy atom. The Hall–Kier alpha value is -1.61. The minimum absolute atomic E-state index is 0.550. The number of nitriles is 1. The van der Waals surface area contributed by atoms with Crippen molar-refractivity contribution in [3.8, 4) is 17.9 Å². The average molecular weight is 162 g/mol. The first-order valence-corrected chi connectivity index (χ1v) is 3.88. The molecule has 0 aliphatic carbocycles. The van der Waals surface area contributed by atoms with Gasteiger partial charge in [-0.3, -0.25) is 0 Å². The summed E-state index contributed by atoms with van der Waals surface area (Å²) in [5, 5.41) is 17.0. The Kier molecular flexibility index (Phi) is 3.04. The van der Waals surface area contributed by atoms with E-state index in [0.717, 1.165) is 32.2 Å². The lowest BCUT2D eigenvalue weighted by atomic mass is 10.4. The second-order valence-electron chi connectivity index (χ2n) is 2.57. The van der Waals surface area contributed by atoms with Gasteiger partial charge in [-0.1, -0.05) is 0 Å². The summed E-state index contributed by atoms with van der Waals surface area (Å²) < 4.78 is 0. The summed E-state index contributed by atoms with van der Waals surface area (Å²) in [6, 6.07) is 1.72. The number of aliphatic hydroxyl groups excluding tert-OH is 1. The molecule has 0 radical (unpaired) electrons. The maximum absolute atomic E-state index is 8.80. The van der Waals surface area contributed by atoms with Crippen LogP contribution in [0.1, 0.15) is 12.8 Å². The van der Waals surface area contributed by atoms with Crippen molar-refractivity contribution in [3.63, 3.8) is 0 Å². The number of hydrogen-bond donors (Lipinski definition) is 1. The zero-order chi connectivity index (χ0) is 8.81. The smallest absolute Gasteiger partial charge is 0.152 e. The molecule has 0 spiro atoms. The van der Waals surface area contributed by atoms with Crippen LogP contribution in [0.3, 0.4) is 0 Å². The van der Waals surface area contributed by atoms with Gasteiger partial charge in [-0.25, -0.2) is 0 Å². The minimum atomic E-state index is 0.550. The van der Waals surface area contributed by atoms with Gasteiger partial charge >= 0.3 is 0 Å². The van der Waals surface area contributed by atoms with Crippen molar-refractivity contribution < 1.29 is 5.11 Å². The van der Waals surface area contributed by atoms with Crippen LogP contribution in [-0.2, 0) is 0 Å². The van der Waals surface area contributed by atoms with Crippen LogP contribution in [-0.4, -0.2) is 23.1 Å². The van der Waals surface area contributed by atoms with Crippen LogP contribution < -0.4 is 0 Å². The topological polar surface area (TPSA) is 47.3 Å². The van der Waals surface area contributed by atoms with Crippen molar-refractivity contribution >= 4 is 0 Å². The van der Waals surface area contributed by atoms with E-state index >= 15 is 0 Å². The highest BCUT2D eigenvalue weighted by Gasteiger charge is 2.12. The highest BCUT2D eigenvalue weighted by molar-refractivity contribution is 5.32. The van der Waals surface area contributed by atoms with Gasteiger partial charge in [0.15, 0.2) is 6.07 Å². The number of nitrogens with zero attached hydrogens (tertiary/aromatic N) is 2. The third-order valence-corrected chi connectivity index (χ3v) is 1.82. The Morgan fingerprint density at radius 1 is 1.42 bits per heavy atom. The minimum Gasteiger partial charge on any atom is -0.513 e. The molecule has 1 rings (SSSR count). The Morgan fingerprint density at radius 2 is 2.08 bits per heavy atom. The van der Waals surface area contributed by atoms with E-state index in [1.165, 1.54) is 0 Å². The summed E-state index contributed by atoms with van der Waals surface area (Å²) in [5.41, 5.74) is 0.550. The van der Waals surface area contributed by atoms with Gasteiger partial charge in [0.05, 0.1) is 0 Å². The molecule has 0 bridgehead atoms. The van der Waals surface area contributed by atoms with Crippen LogP contribution in [0.25, 0.3) is 0 Å². The molecule has 1 saturated heterocycles. The summed E-state index contributed by atoms with van der Waals surface area (Å²) >= 11 is 0. The highest BCUT2D eigenvalue weighted by Crippen LogP contribution is 2.12. The number of rotatable bonds is 1. The summed E-state index contributed by atoms with van der Waals surface area (Å²) in [6.45, 7) is 1.85. The zero-order valence-electron chi connectivity index (χ0n) is 6.75. The summed E-state index contributed by atoms with van der Waals surface area (Å²) in [4.78, 5) is 1.98. The second kappa shape index (κ2) is 4.31. The first kappa shape index (κ1) is 8.49. The second-order valence-corrected chi connectivity index (χ2v) is 2.57. The quantitative estimate of drug-likeness (QED) is 0.462. The molecule has 62 valence electrons. The van der Waals surface area contributed by atoms with E-state index in [1.807, 2.05) is 4.90 Å². The van der Waals surface area contributed by atoms with Crippen molar-refractivity contribution in [1.82, 2.24) is 4.90 Å². The third-order valence-electron chi connectivity index (χ3n) is 1.82. The van der Waals surface area contributed by atoms with E-state index in [-0.39, 0.29) is 0 Å². The van der Waals surface area contributed by atoms with Crippen LogP contribution >= 0.6 is 0 Å². The molecule has 1 N–H and O–H groups in total. The Bertz CT molecular complexity index is 271. The summed E-state index contributed by atoms with van der Waals surface area (Å²) in [7, 11) is 0. The van der Waals surface area contributed by atoms with Gasteiger partial charge in [0.1, 0.15) is 12.0 Å². The molecule has 0 unspecified atom stereocenters. The fourth-order valence-corrected chi connectivity index (χ4v) is 1.24. The molecule has 0 atom stereocenters. The number of aliphatic hydroxyl groups is 1. The molecule has 1 heterocycles. The molecular formula is C9H10N2O. The lowest BCUT2D eigenvalue weighted by Crippen LogP contribution is -2.17. The zero-order valence-corrected chi connectivity index (χ0v) is 6.75. The largest absolute Gasteiger partial charge is 0.513 e. The fraction of sp³-hybridized carbons (Fsp3) is 0.444. The van der Waals surface area contributed by atoms with Crippen molar-refractivity contribution in [3.05, 3.63) is 12.0 Å². The van der Waals surface area contributed by atoms with Crippen LogP contribution in [0.5, 0.6) is 0 Å². The Balaban J connectivity index is 2.63. The van der Waals surface area contributed by atoms with E-state index in [1.54, 1.807) is 6.07 Å². The van der Waals surface area contributed by atoms with E-state index in [9.17, 15) is 0 Å². The maximum Gasteiger partial charge on any atom is 0.152 e. The molecule has 1 aliphatic heterocycles. The molecule has 1 aliphatic rings. The number of allylic oxidation sites excluding steroid dienone is 1. The molecule has 3 nitrogen and oxygen atoms in total. The van der Waals surface area contributed by atoms with E-state index < -0.39 is 0 Å². The van der Waals surface area contributed by atoms with Crippen LogP contribution in [0.4, 0.5) is 0 Å². The van der Waals surface area contributed by atoms with Gasteiger partial charge in [0.25, 0.3) is 0 Å². The van der Waals surface area contributed by atoms with Crippen molar-refractivity contribution in [2.75, 3.05) is 13.1 Å². The average Bonchev–Trinajstić information content (AvgIpc) is 2.59. The maximum atomic E-state index is 8.80. The van der Waals surface area contributed by atoms with Gasteiger partial charge in [0.2, 0.25) is 0 Å². The standard InChI is InChI=1S/C9H10N2O/c10-5-3-4-9(8-12)11-6-1-2-7-11/h8,12H,1-2,6-7H2/b9-8-. The van der Waals surface area contributed by atoms with Gasteiger partial charge < -0.3 is 10.0 Å². The lowest BCUT2D eigenvalue weighted by Gasteiger charge is -2.14. The van der Waals surface area contributed by atoms with Crippen molar-refractivity contribution in [1.29, 1.82) is 5.26 Å². The molecule has 0 amide bonds. The van der Waals surface area contributed by atoms with Gasteiger partial charge in [0, 0.05) is 19.0 Å². The molecule has 0 aromatic rings. The number of hydrogen-bond acceptors (Lipinski definition) is 3. The van der Waals surface area contributed by atoms with Crippen molar-refractivity contribution in [2.24, 2.45) is 0 Å².